The maximum Gasteiger partial charge on any atom is 0.408 e. The third kappa shape index (κ3) is 10.1. The van der Waals surface area contributed by atoms with Gasteiger partial charge in [-0.15, -0.1) is 0 Å². The van der Waals surface area contributed by atoms with Crippen LogP contribution in [0.4, 0.5) is 38.1 Å². The van der Waals surface area contributed by atoms with Gasteiger partial charge in [-0.3, -0.25) is 43.8 Å². The van der Waals surface area contributed by atoms with Crippen LogP contribution in [0.1, 0.15) is 61.9 Å². The van der Waals surface area contributed by atoms with Crippen LogP contribution in [0, 0.1) is 11.7 Å². The van der Waals surface area contributed by atoms with Gasteiger partial charge in [0.05, 0.1) is 6.20 Å². The maximum atomic E-state index is 15.9. The second-order valence-electron chi connectivity index (χ2n) is 18.8. The highest BCUT2D eigenvalue weighted by Gasteiger charge is 2.59. The Morgan fingerprint density at radius 1 is 0.900 bits per heavy atom. The van der Waals surface area contributed by atoms with Crippen LogP contribution < -0.4 is 20.9 Å². The predicted octanol–water partition coefficient (Wildman–Crippen LogP) is 5.11. The molecule has 21 heteroatoms. The van der Waals surface area contributed by atoms with Gasteiger partial charge in [0.15, 0.2) is 0 Å². The summed E-state index contributed by atoms with van der Waals surface area (Å²) < 4.78 is 72.6. The van der Waals surface area contributed by atoms with Gasteiger partial charge in [0, 0.05) is 88.3 Å². The minimum atomic E-state index is -4.86. The van der Waals surface area contributed by atoms with E-state index in [0.717, 1.165) is 76.0 Å². The van der Waals surface area contributed by atoms with Crippen LogP contribution in [-0.4, -0.2) is 136 Å². The fourth-order valence-corrected chi connectivity index (χ4v) is 10.2. The van der Waals surface area contributed by atoms with Gasteiger partial charge in [0.25, 0.3) is 5.91 Å². The van der Waals surface area contributed by atoms with Gasteiger partial charge in [0.1, 0.15) is 42.7 Å². The normalized spacial score (nSPS) is 22.6. The minimum Gasteiger partial charge on any atom is -0.374 e. The zero-order chi connectivity index (χ0) is 49.5. The molecule has 16 nitrogen and oxygen atoms in total. The fourth-order valence-electron chi connectivity index (χ4n) is 10.2. The van der Waals surface area contributed by atoms with Crippen LogP contribution in [-0.2, 0) is 42.6 Å². The standard InChI is InChI=1S/C49H53F5N10O6/c1-30(49(52,53)54)63(26-31-2-5-35(50)6-3-31)44(67)29-64-46(69)48(58-47(64)70)23-40(51)38-22-33(4-11-39(38)48)34-24-55-62(27-34)28-43(66)61-16-14-32(15-17-61)25-59-18-20-60(21-19-59)37-9-7-36(8-10-37)56-41-12-13-42(65)57-45(41)68/h2-11,22,24,27,30,32,40-41,56H,12-21,23,25-26,28-29H2,1H3,(H,58,70)(H,57,65,68)/t30-,40+,41?,48-/m0/s1. The quantitative estimate of drug-likeness (QED) is 0.0930. The molecule has 4 atom stereocenters. The summed E-state index contributed by atoms with van der Waals surface area (Å²) in [6.07, 6.45) is -1.32. The van der Waals surface area contributed by atoms with Crippen LogP contribution in [0.15, 0.2) is 79.1 Å². The van der Waals surface area contributed by atoms with Crippen molar-refractivity contribution in [3.05, 3.63) is 102 Å². The highest BCUT2D eigenvalue weighted by atomic mass is 19.4. The first-order valence-electron chi connectivity index (χ1n) is 23.5. The summed E-state index contributed by atoms with van der Waals surface area (Å²) in [5.41, 5.74) is 1.62. The van der Waals surface area contributed by atoms with E-state index in [1.807, 2.05) is 29.2 Å². The molecule has 0 saturated carbocycles. The second kappa shape index (κ2) is 19.5. The lowest BCUT2D eigenvalue weighted by atomic mass is 9.90. The molecular formula is C49H53F5N10O6. The highest BCUT2D eigenvalue weighted by molar-refractivity contribution is 6.10. The fraction of sp³-hybridized carbons (Fsp3) is 0.449. The van der Waals surface area contributed by atoms with Crippen molar-refractivity contribution in [1.29, 1.82) is 0 Å². The lowest BCUT2D eigenvalue weighted by Crippen LogP contribution is -2.51. The number of carbonyl (C=O) groups is 6. The smallest absolute Gasteiger partial charge is 0.374 e. The van der Waals surface area contributed by atoms with Crippen molar-refractivity contribution < 1.29 is 50.7 Å². The van der Waals surface area contributed by atoms with Gasteiger partial charge in [-0.2, -0.15) is 18.3 Å². The first kappa shape index (κ1) is 48.1. The Balaban J connectivity index is 0.751. The topological polar surface area (TPSA) is 173 Å². The lowest BCUT2D eigenvalue weighted by Gasteiger charge is -2.39. The van der Waals surface area contributed by atoms with Gasteiger partial charge in [-0.1, -0.05) is 24.3 Å². The molecule has 0 radical (unpaired) electrons. The molecule has 5 aliphatic rings. The second-order valence-corrected chi connectivity index (χ2v) is 18.8. The van der Waals surface area contributed by atoms with E-state index in [0.29, 0.717) is 52.8 Å². The molecule has 9 rings (SSSR count). The first-order valence-corrected chi connectivity index (χ1v) is 23.5. The number of rotatable bonds is 13. The molecule has 370 valence electrons. The molecule has 1 unspecified atom stereocenters. The van der Waals surface area contributed by atoms with E-state index in [2.05, 4.69) is 30.8 Å². The summed E-state index contributed by atoms with van der Waals surface area (Å²) in [5.74, 6) is -2.96. The molecule has 70 heavy (non-hydrogen) atoms. The van der Waals surface area contributed by atoms with E-state index in [4.69, 9.17) is 0 Å². The number of urea groups is 1. The molecule has 5 heterocycles. The van der Waals surface area contributed by atoms with E-state index in [-0.39, 0.29) is 41.0 Å². The number of alkyl halides is 4. The molecular weight excluding hydrogens is 920 g/mol. The third-order valence-corrected chi connectivity index (χ3v) is 14.3. The average Bonchev–Trinajstić information content (AvgIpc) is 3.99. The number of fused-ring (bicyclic) bond motifs is 2. The minimum absolute atomic E-state index is 0.00145. The molecule has 3 N–H and O–H groups in total. The molecule has 1 spiro atoms. The first-order chi connectivity index (χ1) is 33.4. The van der Waals surface area contributed by atoms with Crippen LogP contribution in [0.2, 0.25) is 0 Å². The molecule has 4 aromatic rings. The van der Waals surface area contributed by atoms with E-state index in [1.54, 1.807) is 18.5 Å². The van der Waals surface area contributed by atoms with Crippen molar-refractivity contribution in [1.82, 2.24) is 40.0 Å². The zero-order valence-corrected chi connectivity index (χ0v) is 38.4. The van der Waals surface area contributed by atoms with Crippen molar-refractivity contribution in [2.45, 2.75) is 82.1 Å². The molecule has 4 saturated heterocycles. The molecule has 7 amide bonds. The van der Waals surface area contributed by atoms with Gasteiger partial charge < -0.3 is 25.3 Å². The van der Waals surface area contributed by atoms with Crippen LogP contribution in [0.3, 0.4) is 0 Å². The van der Waals surface area contributed by atoms with Gasteiger partial charge in [0.2, 0.25) is 23.6 Å². The molecule has 0 bridgehead atoms. The van der Waals surface area contributed by atoms with E-state index in [9.17, 15) is 46.3 Å². The largest absolute Gasteiger partial charge is 0.408 e. The average molecular weight is 973 g/mol. The number of hydrogen-bond donors (Lipinski definition) is 3. The molecule has 4 aliphatic heterocycles. The number of piperazine rings is 1. The number of aromatic nitrogens is 2. The van der Waals surface area contributed by atoms with Crippen molar-refractivity contribution in [2.24, 2.45) is 5.92 Å². The SMILES string of the molecule is C[C@H](N(Cc1ccc(F)cc1)C(=O)CN1C(=O)N[C@]2(C[C@@H](F)c3cc(-c4cnn(CC(=O)N5CCC(CN6CCN(c7ccc(NC8CCC(=O)NC8=O)cc7)CC6)CC5)c4)ccc32)C1=O)C(F)(F)F. The molecule has 3 aromatic carbocycles. The molecule has 1 aliphatic carbocycles. The number of nitrogens with one attached hydrogen (secondary N) is 3. The van der Waals surface area contributed by atoms with E-state index >= 15 is 4.39 Å². The Labute approximate surface area is 400 Å². The monoisotopic (exact) mass is 972 g/mol. The number of hydrogen-bond acceptors (Lipinski definition) is 10. The number of carbonyl (C=O) groups excluding carboxylic acids is 6. The van der Waals surface area contributed by atoms with Crippen molar-refractivity contribution in [2.75, 3.05) is 62.6 Å². The van der Waals surface area contributed by atoms with Crippen LogP contribution in [0.25, 0.3) is 11.1 Å². The Hall–Kier alpha value is -6.90. The summed E-state index contributed by atoms with van der Waals surface area (Å²) in [6.45, 7) is 4.95. The summed E-state index contributed by atoms with van der Waals surface area (Å²) in [7, 11) is 0. The summed E-state index contributed by atoms with van der Waals surface area (Å²) in [6, 6.07) is 13.4. The van der Waals surface area contributed by atoms with Gasteiger partial charge in [-0.05, 0) is 96.8 Å². The van der Waals surface area contributed by atoms with E-state index in [1.165, 1.54) is 28.9 Å². The number of halogens is 5. The van der Waals surface area contributed by atoms with Crippen molar-refractivity contribution >= 4 is 46.9 Å². The van der Waals surface area contributed by atoms with Gasteiger partial charge >= 0.3 is 12.2 Å². The Morgan fingerprint density at radius 2 is 1.61 bits per heavy atom. The summed E-state index contributed by atoms with van der Waals surface area (Å²) in [5, 5.41) is 12.5. The number of imide groups is 2. The van der Waals surface area contributed by atoms with Crippen molar-refractivity contribution in [3.8, 4) is 11.1 Å². The number of nitrogens with zero attached hydrogens (tertiary/aromatic N) is 7. The molecule has 4 fully saturated rings. The summed E-state index contributed by atoms with van der Waals surface area (Å²) >= 11 is 0. The third-order valence-electron chi connectivity index (χ3n) is 14.3. The number of benzene rings is 3. The zero-order valence-electron chi connectivity index (χ0n) is 38.4. The van der Waals surface area contributed by atoms with Crippen LogP contribution >= 0.6 is 0 Å². The molecule has 1 aromatic heterocycles. The van der Waals surface area contributed by atoms with Crippen LogP contribution in [0.5, 0.6) is 0 Å². The highest BCUT2D eigenvalue weighted by Crippen LogP contribution is 2.49. The Kier molecular flexibility index (Phi) is 13.4. The maximum absolute atomic E-state index is 15.9. The number of piperidine rings is 2. The van der Waals surface area contributed by atoms with E-state index < -0.39 is 73.1 Å². The summed E-state index contributed by atoms with van der Waals surface area (Å²) in [4.78, 5) is 85.3. The van der Waals surface area contributed by atoms with Crippen molar-refractivity contribution in [3.63, 3.8) is 0 Å². The predicted molar refractivity (Wildman–Crippen MR) is 245 cm³/mol. The lowest BCUT2D eigenvalue weighted by molar-refractivity contribution is -0.187. The van der Waals surface area contributed by atoms with Gasteiger partial charge in [-0.25, -0.2) is 13.6 Å². The Bertz CT molecular complexity index is 2650. The number of likely N-dealkylation sites (tertiary alicyclic amines) is 1. The Morgan fingerprint density at radius 3 is 2.30 bits per heavy atom. The number of anilines is 2. The number of amides is 7.